The summed E-state index contributed by atoms with van der Waals surface area (Å²) in [6, 6.07) is -0.649. The summed E-state index contributed by atoms with van der Waals surface area (Å²) < 4.78 is 10.6. The molecule has 1 rings (SSSR count). The van der Waals surface area contributed by atoms with Crippen molar-refractivity contribution in [2.24, 2.45) is 11.7 Å². The molecule has 0 aromatic carbocycles. The number of amides is 3. The lowest BCUT2D eigenvalue weighted by Crippen LogP contribution is -2.33. The molecule has 0 fully saturated rings. The highest BCUT2D eigenvalue weighted by atomic mass is 16.5. The highest BCUT2D eigenvalue weighted by Crippen LogP contribution is 2.17. The molecule has 248 valence electrons. The summed E-state index contributed by atoms with van der Waals surface area (Å²) in [7, 11) is 1.58. The maximum Gasteiger partial charge on any atom is 0.306 e. The molecular formula is C29H48N6O9. The average Bonchev–Trinajstić information content (AvgIpc) is 3.51. The maximum absolute atomic E-state index is 12.2. The minimum absolute atomic E-state index is 0.107. The van der Waals surface area contributed by atoms with Crippen molar-refractivity contribution in [1.82, 2.24) is 25.5 Å². The van der Waals surface area contributed by atoms with Crippen LogP contribution in [0.3, 0.4) is 0 Å². The molecule has 15 heteroatoms. The van der Waals surface area contributed by atoms with Gasteiger partial charge in [-0.25, -0.2) is 4.98 Å². The monoisotopic (exact) mass is 624 g/mol. The number of hydrogen-bond donors (Lipinski definition) is 5. The van der Waals surface area contributed by atoms with Crippen molar-refractivity contribution in [3.8, 4) is 0 Å². The van der Waals surface area contributed by atoms with E-state index in [-0.39, 0.29) is 82.2 Å². The molecule has 2 unspecified atom stereocenters. The number of nitrogens with zero attached hydrogens (tertiary/aromatic N) is 2. The van der Waals surface area contributed by atoms with Crippen molar-refractivity contribution in [1.29, 1.82) is 0 Å². The Kier molecular flexibility index (Phi) is 20.7. The number of carbonyl (C=O) groups excluding carboxylic acids is 5. The second kappa shape index (κ2) is 23.7. The van der Waals surface area contributed by atoms with Crippen molar-refractivity contribution in [2.75, 3.05) is 53.1 Å². The van der Waals surface area contributed by atoms with Gasteiger partial charge in [0.1, 0.15) is 18.7 Å². The lowest BCUT2D eigenvalue weighted by Gasteiger charge is -2.16. The van der Waals surface area contributed by atoms with Crippen molar-refractivity contribution in [3.63, 3.8) is 0 Å². The molecule has 0 saturated heterocycles. The number of nitrogens with one attached hydrogen (secondary N) is 3. The Labute approximate surface area is 258 Å². The number of aromatic amines is 1. The van der Waals surface area contributed by atoms with Gasteiger partial charge in [-0.05, 0) is 25.7 Å². The summed E-state index contributed by atoms with van der Waals surface area (Å²) in [6.07, 6.45) is 7.37. The Morgan fingerprint density at radius 3 is 2.43 bits per heavy atom. The second-order valence-electron chi connectivity index (χ2n) is 10.4. The van der Waals surface area contributed by atoms with Gasteiger partial charge < -0.3 is 45.6 Å². The number of nitrogens with two attached hydrogens (primary N) is 1. The number of imidazole rings is 1. The molecule has 6 N–H and O–H groups in total. The van der Waals surface area contributed by atoms with E-state index in [9.17, 15) is 33.9 Å². The summed E-state index contributed by atoms with van der Waals surface area (Å²) in [5.41, 5.74) is 6.71. The van der Waals surface area contributed by atoms with E-state index in [1.54, 1.807) is 13.2 Å². The first-order chi connectivity index (χ1) is 21.1. The fourth-order valence-corrected chi connectivity index (χ4v) is 4.14. The fourth-order valence-electron chi connectivity index (χ4n) is 4.14. The van der Waals surface area contributed by atoms with E-state index >= 15 is 0 Å². The minimum atomic E-state index is -0.898. The number of hydrogen-bond acceptors (Lipinski definition) is 10. The lowest BCUT2D eigenvalue weighted by atomic mass is 9.94. The van der Waals surface area contributed by atoms with Crippen LogP contribution in [0.5, 0.6) is 0 Å². The third kappa shape index (κ3) is 18.8. The molecule has 44 heavy (non-hydrogen) atoms. The molecule has 0 radical (unpaired) electrons. The van der Waals surface area contributed by atoms with Crippen LogP contribution in [0.1, 0.15) is 63.5 Å². The van der Waals surface area contributed by atoms with Gasteiger partial charge in [0.15, 0.2) is 0 Å². The zero-order valence-corrected chi connectivity index (χ0v) is 25.6. The van der Waals surface area contributed by atoms with Gasteiger partial charge in [-0.2, -0.15) is 0 Å². The number of ketones is 1. The number of aromatic nitrogens is 2. The molecule has 1 aromatic rings. The number of Topliss-reactive ketones (excluding diaryl/α,β-unsaturated/α-hetero) is 1. The van der Waals surface area contributed by atoms with Crippen molar-refractivity contribution < 1.29 is 43.3 Å². The first-order valence-corrected chi connectivity index (χ1v) is 15.0. The molecule has 0 aliphatic rings. The largest absolute Gasteiger partial charge is 0.481 e. The third-order valence-electron chi connectivity index (χ3n) is 6.78. The van der Waals surface area contributed by atoms with Crippen LogP contribution in [0.25, 0.3) is 0 Å². The number of ether oxygens (including phenoxy) is 2. The molecule has 0 bridgehead atoms. The first kappa shape index (κ1) is 38.3. The van der Waals surface area contributed by atoms with Gasteiger partial charge in [0.25, 0.3) is 0 Å². The summed E-state index contributed by atoms with van der Waals surface area (Å²) in [4.78, 5) is 77.8. The minimum Gasteiger partial charge on any atom is -0.481 e. The third-order valence-corrected chi connectivity index (χ3v) is 6.78. The number of H-pyrrole nitrogens is 1. The SMILES string of the molecule is CN(CCC(=O)NCCOCCOCC(=O)NCCCCC(CCCC(=O)C(N)Cc1cnc[nH]1)C(=O)O)C(=O)CCC=O. The molecule has 1 aromatic heterocycles. The Hall–Kier alpha value is -3.69. The van der Waals surface area contributed by atoms with Crippen LogP contribution in [0.4, 0.5) is 0 Å². The number of aliphatic carboxylic acids is 1. The van der Waals surface area contributed by atoms with Crippen LogP contribution >= 0.6 is 0 Å². The first-order valence-electron chi connectivity index (χ1n) is 15.0. The molecule has 15 nitrogen and oxygen atoms in total. The number of aldehydes is 1. The Balaban J connectivity index is 2.01. The van der Waals surface area contributed by atoms with Crippen LogP contribution in [0.2, 0.25) is 0 Å². The van der Waals surface area contributed by atoms with E-state index in [2.05, 4.69) is 20.6 Å². The molecule has 0 aliphatic heterocycles. The molecule has 0 saturated carbocycles. The predicted octanol–water partition coefficient (Wildman–Crippen LogP) is -0.0168. The zero-order chi connectivity index (χ0) is 32.6. The molecule has 1 heterocycles. The van der Waals surface area contributed by atoms with Crippen LogP contribution in [0, 0.1) is 5.92 Å². The number of carbonyl (C=O) groups is 6. The van der Waals surface area contributed by atoms with Gasteiger partial charge in [0.05, 0.1) is 38.1 Å². The summed E-state index contributed by atoms with van der Waals surface area (Å²) in [6.45, 7) is 1.53. The van der Waals surface area contributed by atoms with Gasteiger partial charge in [-0.1, -0.05) is 6.42 Å². The number of unbranched alkanes of at least 4 members (excludes halogenated alkanes) is 1. The molecular weight excluding hydrogens is 576 g/mol. The van der Waals surface area contributed by atoms with Crippen LogP contribution in [0.15, 0.2) is 12.5 Å². The predicted molar refractivity (Wildman–Crippen MR) is 159 cm³/mol. The van der Waals surface area contributed by atoms with E-state index in [0.29, 0.717) is 57.9 Å². The van der Waals surface area contributed by atoms with E-state index < -0.39 is 17.9 Å². The van der Waals surface area contributed by atoms with Crippen molar-refractivity contribution in [2.45, 2.75) is 70.3 Å². The van der Waals surface area contributed by atoms with Gasteiger partial charge in [-0.15, -0.1) is 0 Å². The number of carboxylic acid groups (broad SMARTS) is 1. The van der Waals surface area contributed by atoms with Gasteiger partial charge >= 0.3 is 5.97 Å². The fraction of sp³-hybridized carbons (Fsp3) is 0.690. The molecule has 3 amide bonds. The Morgan fingerprint density at radius 2 is 1.73 bits per heavy atom. The molecule has 0 aliphatic carbocycles. The Bertz CT molecular complexity index is 1010. The normalized spacial score (nSPS) is 12.2. The maximum atomic E-state index is 12.2. The molecule has 2 atom stereocenters. The van der Waals surface area contributed by atoms with Crippen molar-refractivity contribution >= 4 is 35.8 Å². The van der Waals surface area contributed by atoms with Gasteiger partial charge in [-0.3, -0.25) is 24.0 Å². The van der Waals surface area contributed by atoms with E-state index in [1.165, 1.54) is 11.2 Å². The lowest BCUT2D eigenvalue weighted by molar-refractivity contribution is -0.142. The number of carboxylic acids is 1. The quantitative estimate of drug-likeness (QED) is 0.0646. The smallest absolute Gasteiger partial charge is 0.306 e. The van der Waals surface area contributed by atoms with Crippen LogP contribution in [-0.2, 0) is 44.7 Å². The standard InChI is InChI=1S/C29H48N6O9/c1-35(28(40)9-5-14-36)13-10-26(38)33-12-15-43-16-17-44-20-27(39)32-11-3-2-6-22(29(41)42)7-4-8-25(37)24(30)18-23-19-31-21-34-23/h14,19,21-22,24H,2-13,15-18,20,30H2,1H3,(H,31,34)(H,32,39)(H,33,38)(H,41,42). The van der Waals surface area contributed by atoms with E-state index in [1.807, 2.05) is 0 Å². The van der Waals surface area contributed by atoms with Crippen LogP contribution in [-0.4, -0.2) is 115 Å². The Morgan fingerprint density at radius 1 is 1.00 bits per heavy atom. The van der Waals surface area contributed by atoms with E-state index in [4.69, 9.17) is 15.2 Å². The van der Waals surface area contributed by atoms with Crippen LogP contribution < -0.4 is 16.4 Å². The highest BCUT2D eigenvalue weighted by molar-refractivity contribution is 5.84. The summed E-state index contributed by atoms with van der Waals surface area (Å²) >= 11 is 0. The average molecular weight is 625 g/mol. The topological polar surface area (TPSA) is 223 Å². The van der Waals surface area contributed by atoms with Gasteiger partial charge in [0.2, 0.25) is 17.7 Å². The van der Waals surface area contributed by atoms with Gasteiger partial charge in [0, 0.05) is 70.7 Å². The summed E-state index contributed by atoms with van der Waals surface area (Å²) in [5.74, 6) is -2.25. The summed E-state index contributed by atoms with van der Waals surface area (Å²) in [5, 5.41) is 14.9. The second-order valence-corrected chi connectivity index (χ2v) is 10.4. The van der Waals surface area contributed by atoms with E-state index in [0.717, 1.165) is 5.69 Å². The number of rotatable bonds is 27. The molecule has 0 spiro atoms. The zero-order valence-electron chi connectivity index (χ0n) is 25.6. The highest BCUT2D eigenvalue weighted by Gasteiger charge is 2.19. The van der Waals surface area contributed by atoms with Crippen molar-refractivity contribution in [3.05, 3.63) is 18.2 Å².